The number of carbonyl (C=O) groups is 1. The summed E-state index contributed by atoms with van der Waals surface area (Å²) in [4.78, 5) is 27.0. The lowest BCUT2D eigenvalue weighted by atomic mass is 10.2. The van der Waals surface area contributed by atoms with Gasteiger partial charge < -0.3 is 9.88 Å². The second-order valence-corrected chi connectivity index (χ2v) is 5.34. The van der Waals surface area contributed by atoms with Crippen LogP contribution in [0.1, 0.15) is 21.1 Å². The van der Waals surface area contributed by atoms with Gasteiger partial charge in [-0.25, -0.2) is 4.98 Å². The Bertz CT molecular complexity index is 818. The summed E-state index contributed by atoms with van der Waals surface area (Å²) in [5.41, 5.74) is -1.29. The van der Waals surface area contributed by atoms with Crippen LogP contribution in [0.3, 0.4) is 0 Å². The van der Waals surface area contributed by atoms with Crippen molar-refractivity contribution in [1.29, 1.82) is 0 Å². The summed E-state index contributed by atoms with van der Waals surface area (Å²) in [6, 6.07) is 2.47. The molecule has 2 rings (SSSR count). The zero-order valence-electron chi connectivity index (χ0n) is 11.6. The van der Waals surface area contributed by atoms with Crippen LogP contribution >= 0.6 is 11.3 Å². The number of terminal acetylenes is 1. The van der Waals surface area contributed by atoms with E-state index >= 15 is 0 Å². The lowest BCUT2D eigenvalue weighted by Gasteiger charge is -2.06. The second-order valence-electron chi connectivity index (χ2n) is 4.39. The number of amides is 1. The number of nitrogens with zero attached hydrogens (tertiary/aromatic N) is 2. The van der Waals surface area contributed by atoms with E-state index in [1.807, 2.05) is 0 Å². The molecule has 2 aromatic heterocycles. The summed E-state index contributed by atoms with van der Waals surface area (Å²) >= 11 is 0.790. The molecule has 23 heavy (non-hydrogen) atoms. The third kappa shape index (κ3) is 4.20. The van der Waals surface area contributed by atoms with Gasteiger partial charge in [0.2, 0.25) is 0 Å². The van der Waals surface area contributed by atoms with Crippen LogP contribution < -0.4 is 10.9 Å². The molecule has 2 heterocycles. The van der Waals surface area contributed by atoms with E-state index in [1.165, 1.54) is 12.3 Å². The fraction of sp³-hybridized carbons (Fsp3) is 0.214. The Morgan fingerprint density at radius 1 is 1.43 bits per heavy atom. The van der Waals surface area contributed by atoms with Crippen LogP contribution in [0.15, 0.2) is 28.5 Å². The fourth-order valence-corrected chi connectivity index (χ4v) is 2.48. The van der Waals surface area contributed by atoms with Crippen molar-refractivity contribution in [2.45, 2.75) is 12.7 Å². The van der Waals surface area contributed by atoms with Gasteiger partial charge in [0.15, 0.2) is 5.69 Å². The van der Waals surface area contributed by atoms with Crippen LogP contribution in [-0.4, -0.2) is 22.0 Å². The van der Waals surface area contributed by atoms with Crippen molar-refractivity contribution in [2.24, 2.45) is 0 Å². The van der Waals surface area contributed by atoms with E-state index in [-0.39, 0.29) is 23.7 Å². The van der Waals surface area contributed by atoms with Crippen LogP contribution in [0.4, 0.5) is 13.2 Å². The summed E-state index contributed by atoms with van der Waals surface area (Å²) in [5.74, 6) is 1.76. The number of hydrogen-bond donors (Lipinski definition) is 1. The Morgan fingerprint density at radius 2 is 2.17 bits per heavy atom. The minimum Gasteiger partial charge on any atom is -0.341 e. The molecular weight excluding hydrogens is 331 g/mol. The van der Waals surface area contributed by atoms with Gasteiger partial charge in [0.25, 0.3) is 11.5 Å². The first-order valence-electron chi connectivity index (χ1n) is 6.25. The normalized spacial score (nSPS) is 11.0. The third-order valence-corrected chi connectivity index (χ3v) is 3.58. The van der Waals surface area contributed by atoms with E-state index < -0.39 is 23.3 Å². The van der Waals surface area contributed by atoms with Gasteiger partial charge in [-0.2, -0.15) is 13.2 Å². The molecule has 0 saturated heterocycles. The first kappa shape index (κ1) is 16.8. The van der Waals surface area contributed by atoms with E-state index in [4.69, 9.17) is 6.42 Å². The maximum Gasteiger partial charge on any atom is 0.434 e. The minimum absolute atomic E-state index is 0.0272. The first-order valence-corrected chi connectivity index (χ1v) is 7.13. The minimum atomic E-state index is -4.53. The Kier molecular flexibility index (Phi) is 4.86. The van der Waals surface area contributed by atoms with Crippen molar-refractivity contribution in [2.75, 3.05) is 6.54 Å². The predicted octanol–water partition coefficient (Wildman–Crippen LogP) is 1.73. The molecule has 0 aliphatic rings. The van der Waals surface area contributed by atoms with E-state index in [9.17, 15) is 22.8 Å². The molecule has 9 heteroatoms. The number of nitrogens with one attached hydrogen (secondary N) is 1. The molecule has 5 nitrogen and oxygen atoms in total. The largest absolute Gasteiger partial charge is 0.434 e. The van der Waals surface area contributed by atoms with Crippen molar-refractivity contribution in [3.8, 4) is 12.3 Å². The van der Waals surface area contributed by atoms with Gasteiger partial charge in [-0.15, -0.1) is 17.8 Å². The molecule has 0 bridgehead atoms. The highest BCUT2D eigenvalue weighted by molar-refractivity contribution is 7.09. The number of aromatic nitrogens is 2. The van der Waals surface area contributed by atoms with Crippen molar-refractivity contribution >= 4 is 17.2 Å². The van der Waals surface area contributed by atoms with Gasteiger partial charge in [0, 0.05) is 17.6 Å². The van der Waals surface area contributed by atoms with Crippen LogP contribution in [0, 0.1) is 12.3 Å². The molecular formula is C14H10F3N3O2S. The zero-order chi connectivity index (χ0) is 17.0. The van der Waals surface area contributed by atoms with E-state index in [1.54, 1.807) is 0 Å². The van der Waals surface area contributed by atoms with Gasteiger partial charge in [-0.1, -0.05) is 5.92 Å². The molecule has 0 atom stereocenters. The number of hydrogen-bond acceptors (Lipinski definition) is 4. The van der Waals surface area contributed by atoms with Gasteiger partial charge in [0.1, 0.15) is 5.01 Å². The molecule has 0 unspecified atom stereocenters. The molecule has 0 saturated carbocycles. The average Bonchev–Trinajstić information content (AvgIpc) is 2.95. The molecule has 0 fully saturated rings. The maximum atomic E-state index is 12.5. The van der Waals surface area contributed by atoms with E-state index in [0.717, 1.165) is 27.4 Å². The molecule has 0 spiro atoms. The Hall–Kier alpha value is -2.60. The zero-order valence-corrected chi connectivity index (χ0v) is 12.4. The van der Waals surface area contributed by atoms with Gasteiger partial charge in [0.05, 0.1) is 18.7 Å². The summed E-state index contributed by atoms with van der Waals surface area (Å²) in [5, 5.41) is 3.42. The van der Waals surface area contributed by atoms with Crippen LogP contribution in [0.25, 0.3) is 0 Å². The third-order valence-electron chi connectivity index (χ3n) is 2.74. The van der Waals surface area contributed by atoms with Crippen molar-refractivity contribution in [3.05, 3.63) is 50.3 Å². The quantitative estimate of drug-likeness (QED) is 0.862. The van der Waals surface area contributed by atoms with Crippen molar-refractivity contribution < 1.29 is 18.0 Å². The molecule has 0 aliphatic heterocycles. The van der Waals surface area contributed by atoms with Gasteiger partial charge in [-0.05, 0) is 6.07 Å². The highest BCUT2D eigenvalue weighted by Crippen LogP contribution is 2.30. The van der Waals surface area contributed by atoms with Crippen LogP contribution in [0.5, 0.6) is 0 Å². The average molecular weight is 341 g/mol. The standard InChI is InChI=1S/C14H10F3N3O2S/c1-2-5-18-13(22)9-3-4-12(21)20(6-9)7-11-19-10(8-23-11)14(15,16)17/h1,3-4,6,8H,5,7H2,(H,18,22). The van der Waals surface area contributed by atoms with Crippen molar-refractivity contribution in [1.82, 2.24) is 14.9 Å². The molecule has 0 aromatic carbocycles. The first-order chi connectivity index (χ1) is 10.8. The number of thiazole rings is 1. The lowest BCUT2D eigenvalue weighted by Crippen LogP contribution is -2.27. The SMILES string of the molecule is C#CCNC(=O)c1ccc(=O)n(Cc2nc(C(F)(F)F)cs2)c1. The molecule has 0 radical (unpaired) electrons. The highest BCUT2D eigenvalue weighted by Gasteiger charge is 2.33. The number of halogens is 3. The molecule has 0 aliphatic carbocycles. The monoisotopic (exact) mass is 341 g/mol. The van der Waals surface area contributed by atoms with Crippen LogP contribution in [0.2, 0.25) is 0 Å². The topological polar surface area (TPSA) is 64.0 Å². The Balaban J connectivity index is 2.23. The lowest BCUT2D eigenvalue weighted by molar-refractivity contribution is -0.140. The van der Waals surface area contributed by atoms with Gasteiger partial charge >= 0.3 is 6.18 Å². The number of pyridine rings is 1. The smallest absolute Gasteiger partial charge is 0.341 e. The van der Waals surface area contributed by atoms with E-state index in [2.05, 4.69) is 16.2 Å². The Morgan fingerprint density at radius 3 is 2.78 bits per heavy atom. The predicted molar refractivity (Wildman–Crippen MR) is 78.1 cm³/mol. The fourth-order valence-electron chi connectivity index (χ4n) is 1.68. The molecule has 1 N–H and O–H groups in total. The maximum absolute atomic E-state index is 12.5. The molecule has 120 valence electrons. The summed E-state index contributed by atoms with van der Waals surface area (Å²) in [7, 11) is 0. The molecule has 2 aromatic rings. The molecule has 1 amide bonds. The highest BCUT2D eigenvalue weighted by atomic mass is 32.1. The summed E-state index contributed by atoms with van der Waals surface area (Å²) in [6.07, 6.45) is 1.75. The van der Waals surface area contributed by atoms with Crippen LogP contribution in [-0.2, 0) is 12.7 Å². The van der Waals surface area contributed by atoms with Gasteiger partial charge in [-0.3, -0.25) is 9.59 Å². The number of carbonyl (C=O) groups excluding carboxylic acids is 1. The van der Waals surface area contributed by atoms with Crippen molar-refractivity contribution in [3.63, 3.8) is 0 Å². The number of alkyl halides is 3. The summed E-state index contributed by atoms with van der Waals surface area (Å²) in [6.45, 7) is -0.130. The second kappa shape index (κ2) is 6.66. The number of rotatable bonds is 4. The summed E-state index contributed by atoms with van der Waals surface area (Å²) < 4.78 is 38.7. The Labute approximate surface area is 132 Å². The van der Waals surface area contributed by atoms with E-state index in [0.29, 0.717) is 0 Å².